The van der Waals surface area contributed by atoms with E-state index < -0.39 is 5.97 Å². The first-order valence-electron chi connectivity index (χ1n) is 14.9. The highest BCUT2D eigenvalue weighted by Crippen LogP contribution is 2.21. The molecule has 3 N–H and O–H groups in total. The lowest BCUT2D eigenvalue weighted by Crippen LogP contribution is -2.27. The Morgan fingerprint density at radius 3 is 2.57 bits per heavy atom. The number of carboxylic acids is 1. The molecule has 1 aliphatic heterocycles. The van der Waals surface area contributed by atoms with Crippen LogP contribution in [0.1, 0.15) is 83.4 Å². The van der Waals surface area contributed by atoms with E-state index in [1.165, 1.54) is 11.6 Å². The van der Waals surface area contributed by atoms with E-state index in [1.54, 1.807) is 18.2 Å². The number of carbonyl (C=O) groups excluding carboxylic acids is 1. The van der Waals surface area contributed by atoms with Gasteiger partial charge in [-0.15, -0.1) is 13.2 Å². The molecule has 9 heteroatoms. The monoisotopic (exact) mass is 587 g/mol. The van der Waals surface area contributed by atoms with Gasteiger partial charge in [0.15, 0.2) is 11.6 Å². The zero-order valence-corrected chi connectivity index (χ0v) is 25.7. The SMILES string of the molecule is C=C.CCCCOC(C)(C)CCOc1ccccc1F.O=C(O)CCNC(=O)CCCCc1ccc2c(n1)NCCC2. The summed E-state index contributed by atoms with van der Waals surface area (Å²) < 4.78 is 24.5. The van der Waals surface area contributed by atoms with E-state index in [2.05, 4.69) is 47.8 Å². The molecule has 0 saturated carbocycles. The maximum atomic E-state index is 13.3. The molecule has 2 aromatic rings. The third kappa shape index (κ3) is 16.1. The third-order valence-corrected chi connectivity index (χ3v) is 6.49. The standard InChI is InChI=1S/C16H23N3O3.C15H23FO2.C2H4/c20-14(17-11-9-15(21)22)6-2-1-5-13-8-7-12-4-3-10-18-16(12)19-13;1-4-5-11-18-15(2,3)10-12-17-14-9-7-6-8-13(14)16;1-2/h7-8H,1-6,9-11H2,(H,17,20)(H,18,19)(H,21,22);6-9H,4-5,10-12H2,1-3H3;1-2H2. The Bertz CT molecular complexity index is 1060. The number of amides is 1. The summed E-state index contributed by atoms with van der Waals surface area (Å²) >= 11 is 0. The Balaban J connectivity index is 0.000000404. The van der Waals surface area contributed by atoms with Gasteiger partial charge in [-0.3, -0.25) is 9.59 Å². The maximum absolute atomic E-state index is 13.3. The minimum absolute atomic E-state index is 0.0300. The molecular weight excluding hydrogens is 537 g/mol. The number of carbonyl (C=O) groups is 2. The number of fused-ring (bicyclic) bond motifs is 1. The highest BCUT2D eigenvalue weighted by Gasteiger charge is 2.18. The van der Waals surface area contributed by atoms with E-state index in [4.69, 9.17) is 14.6 Å². The Hall–Kier alpha value is -3.46. The van der Waals surface area contributed by atoms with Gasteiger partial charge in [-0.1, -0.05) is 31.5 Å². The average molecular weight is 588 g/mol. The third-order valence-electron chi connectivity index (χ3n) is 6.49. The molecule has 3 rings (SSSR count). The van der Waals surface area contributed by atoms with Gasteiger partial charge in [0, 0.05) is 38.2 Å². The molecule has 0 unspecified atom stereocenters. The molecular formula is C33H50FN3O5. The average Bonchev–Trinajstić information content (AvgIpc) is 2.97. The molecule has 42 heavy (non-hydrogen) atoms. The number of rotatable bonds is 16. The van der Waals surface area contributed by atoms with Crippen molar-refractivity contribution in [2.45, 2.75) is 90.6 Å². The molecule has 8 nitrogen and oxygen atoms in total. The largest absolute Gasteiger partial charge is 0.490 e. The molecule has 0 atom stereocenters. The van der Waals surface area contributed by atoms with Crippen molar-refractivity contribution in [2.24, 2.45) is 0 Å². The topological polar surface area (TPSA) is 110 Å². The molecule has 0 spiro atoms. The van der Waals surface area contributed by atoms with E-state index >= 15 is 0 Å². The lowest BCUT2D eigenvalue weighted by atomic mass is 10.1. The zero-order chi connectivity index (χ0) is 31.2. The van der Waals surface area contributed by atoms with Gasteiger partial charge in [0.05, 0.1) is 18.6 Å². The Kier molecular flexibility index (Phi) is 18.5. The van der Waals surface area contributed by atoms with Crippen molar-refractivity contribution in [3.63, 3.8) is 0 Å². The van der Waals surface area contributed by atoms with E-state index in [0.717, 1.165) is 76.0 Å². The van der Waals surface area contributed by atoms with Gasteiger partial charge in [-0.2, -0.15) is 0 Å². The number of nitrogens with zero attached hydrogens (tertiary/aromatic N) is 1. The number of benzene rings is 1. The first-order valence-corrected chi connectivity index (χ1v) is 14.9. The number of carboxylic acid groups (broad SMARTS) is 1. The highest BCUT2D eigenvalue weighted by molar-refractivity contribution is 5.76. The fourth-order valence-corrected chi connectivity index (χ4v) is 4.03. The second-order valence-electron chi connectivity index (χ2n) is 10.5. The molecule has 1 aromatic heterocycles. The van der Waals surface area contributed by atoms with Crippen LogP contribution in [0.5, 0.6) is 5.75 Å². The van der Waals surface area contributed by atoms with Crippen LogP contribution >= 0.6 is 0 Å². The quantitative estimate of drug-likeness (QED) is 0.147. The van der Waals surface area contributed by atoms with Gasteiger partial charge < -0.3 is 25.2 Å². The van der Waals surface area contributed by atoms with Crippen LogP contribution in [0.3, 0.4) is 0 Å². The second kappa shape index (κ2) is 21.3. The number of pyridine rings is 1. The summed E-state index contributed by atoms with van der Waals surface area (Å²) in [7, 11) is 0. The molecule has 2 heterocycles. The summed E-state index contributed by atoms with van der Waals surface area (Å²) in [6.45, 7) is 14.6. The molecule has 0 radical (unpaired) electrons. The minimum Gasteiger partial charge on any atom is -0.490 e. The molecule has 0 aliphatic carbocycles. The molecule has 1 amide bonds. The molecule has 0 fully saturated rings. The second-order valence-corrected chi connectivity index (χ2v) is 10.5. The summed E-state index contributed by atoms with van der Waals surface area (Å²) in [5.74, 6) is 0.0212. The minimum atomic E-state index is -0.896. The van der Waals surface area contributed by atoms with Gasteiger partial charge >= 0.3 is 5.97 Å². The van der Waals surface area contributed by atoms with Gasteiger partial charge in [-0.25, -0.2) is 9.37 Å². The molecule has 234 valence electrons. The molecule has 0 saturated heterocycles. The van der Waals surface area contributed by atoms with Crippen LogP contribution in [0.25, 0.3) is 0 Å². The number of aliphatic carboxylic acids is 1. The van der Waals surface area contributed by atoms with Crippen molar-refractivity contribution < 1.29 is 28.6 Å². The molecule has 1 aliphatic rings. The summed E-state index contributed by atoms with van der Waals surface area (Å²) in [6, 6.07) is 10.7. The van der Waals surface area contributed by atoms with Crippen molar-refractivity contribution in [1.29, 1.82) is 0 Å². The van der Waals surface area contributed by atoms with Crippen LogP contribution in [-0.2, 0) is 27.2 Å². The molecule has 0 bridgehead atoms. The van der Waals surface area contributed by atoms with Crippen LogP contribution in [0.15, 0.2) is 49.6 Å². The van der Waals surface area contributed by atoms with E-state index in [1.807, 2.05) is 13.8 Å². The maximum Gasteiger partial charge on any atom is 0.305 e. The number of nitrogens with one attached hydrogen (secondary N) is 2. The van der Waals surface area contributed by atoms with E-state index in [0.29, 0.717) is 18.8 Å². The van der Waals surface area contributed by atoms with Crippen molar-refractivity contribution in [2.75, 3.05) is 31.6 Å². The van der Waals surface area contributed by atoms with Gasteiger partial charge in [0.25, 0.3) is 0 Å². The number of ether oxygens (including phenoxy) is 2. The van der Waals surface area contributed by atoms with Gasteiger partial charge in [-0.05, 0) is 76.1 Å². The lowest BCUT2D eigenvalue weighted by Gasteiger charge is -2.25. The van der Waals surface area contributed by atoms with Crippen molar-refractivity contribution in [3.8, 4) is 5.75 Å². The first kappa shape index (κ1) is 36.6. The predicted molar refractivity (Wildman–Crippen MR) is 167 cm³/mol. The molecule has 1 aromatic carbocycles. The number of para-hydroxylation sites is 1. The number of hydrogen-bond acceptors (Lipinski definition) is 6. The number of unbranched alkanes of at least 4 members (excludes halogenated alkanes) is 2. The lowest BCUT2D eigenvalue weighted by molar-refractivity contribution is -0.136. The Morgan fingerprint density at radius 2 is 1.86 bits per heavy atom. The predicted octanol–water partition coefficient (Wildman–Crippen LogP) is 6.74. The van der Waals surface area contributed by atoms with Crippen LogP contribution < -0.4 is 15.4 Å². The summed E-state index contributed by atoms with van der Waals surface area (Å²) in [6.07, 6.45) is 8.13. The van der Waals surface area contributed by atoms with Crippen LogP contribution in [0.4, 0.5) is 10.2 Å². The van der Waals surface area contributed by atoms with Crippen molar-refractivity contribution in [3.05, 3.63) is 66.6 Å². The number of halogens is 1. The van der Waals surface area contributed by atoms with Crippen LogP contribution in [-0.4, -0.2) is 53.9 Å². The fourth-order valence-electron chi connectivity index (χ4n) is 4.03. The summed E-state index contributed by atoms with van der Waals surface area (Å²) in [5.41, 5.74) is 2.12. The normalized spacial score (nSPS) is 11.9. The Morgan fingerprint density at radius 1 is 1.10 bits per heavy atom. The summed E-state index contributed by atoms with van der Waals surface area (Å²) in [4.78, 5) is 26.5. The van der Waals surface area contributed by atoms with Crippen LogP contribution in [0, 0.1) is 5.82 Å². The zero-order valence-electron chi connectivity index (χ0n) is 25.7. The number of aromatic nitrogens is 1. The Labute approximate surface area is 251 Å². The van der Waals surface area contributed by atoms with Gasteiger partial charge in [0.1, 0.15) is 5.82 Å². The summed E-state index contributed by atoms with van der Waals surface area (Å²) in [5, 5.41) is 14.4. The first-order chi connectivity index (χ1) is 20.2. The highest BCUT2D eigenvalue weighted by atomic mass is 19.1. The number of hydrogen-bond donors (Lipinski definition) is 3. The van der Waals surface area contributed by atoms with Crippen molar-refractivity contribution >= 4 is 17.7 Å². The van der Waals surface area contributed by atoms with Gasteiger partial charge in [0.2, 0.25) is 5.91 Å². The van der Waals surface area contributed by atoms with E-state index in [9.17, 15) is 14.0 Å². The number of aryl methyl sites for hydroxylation is 2. The van der Waals surface area contributed by atoms with E-state index in [-0.39, 0.29) is 30.3 Å². The smallest absolute Gasteiger partial charge is 0.305 e. The fraction of sp³-hybridized carbons (Fsp3) is 0.545. The number of anilines is 1. The van der Waals surface area contributed by atoms with Crippen LogP contribution in [0.2, 0.25) is 0 Å². The van der Waals surface area contributed by atoms with Crippen molar-refractivity contribution in [1.82, 2.24) is 10.3 Å².